The van der Waals surface area contributed by atoms with Gasteiger partial charge in [-0.1, -0.05) is 25.1 Å². The van der Waals surface area contributed by atoms with E-state index in [1.165, 1.54) is 4.88 Å². The average molecular weight is 347 g/mol. The van der Waals surface area contributed by atoms with Crippen molar-refractivity contribution in [3.05, 3.63) is 46.2 Å². The fourth-order valence-electron chi connectivity index (χ4n) is 2.41. The maximum Gasteiger partial charge on any atom is 0.191 e. The summed E-state index contributed by atoms with van der Waals surface area (Å²) >= 11 is 1.78. The number of benzene rings is 1. The van der Waals surface area contributed by atoms with Crippen LogP contribution in [0.2, 0.25) is 0 Å². The molecule has 0 spiro atoms. The van der Waals surface area contributed by atoms with Crippen LogP contribution >= 0.6 is 11.3 Å². The standard InChI is InChI=1S/C18H25N3O2S/c1-13(16-9-6-10-24-16)11-20-18(19-2)21-12-14-7-5-8-15(22-3)17(14)23-4/h5-10,13H,11-12H2,1-4H3,(H2,19,20,21). The first-order valence-corrected chi connectivity index (χ1v) is 8.75. The van der Waals surface area contributed by atoms with Crippen molar-refractivity contribution in [3.63, 3.8) is 0 Å². The zero-order valence-electron chi connectivity index (χ0n) is 14.6. The van der Waals surface area contributed by atoms with Crippen molar-refractivity contribution in [3.8, 4) is 11.5 Å². The number of thiophene rings is 1. The Kier molecular flexibility index (Phi) is 6.93. The van der Waals surface area contributed by atoms with E-state index in [-0.39, 0.29) is 0 Å². The number of ether oxygens (including phenoxy) is 2. The monoisotopic (exact) mass is 347 g/mol. The Morgan fingerprint density at radius 3 is 2.62 bits per heavy atom. The molecule has 24 heavy (non-hydrogen) atoms. The van der Waals surface area contributed by atoms with E-state index in [4.69, 9.17) is 9.47 Å². The SMILES string of the molecule is CN=C(NCc1cccc(OC)c1OC)NCC(C)c1cccs1. The Hall–Kier alpha value is -2.21. The normalized spacial score (nSPS) is 12.6. The van der Waals surface area contributed by atoms with E-state index in [1.54, 1.807) is 32.6 Å². The molecule has 1 aromatic heterocycles. The molecule has 0 aliphatic heterocycles. The number of rotatable bonds is 7. The lowest BCUT2D eigenvalue weighted by Gasteiger charge is -2.17. The molecule has 1 unspecified atom stereocenters. The number of para-hydroxylation sites is 1. The molecule has 1 aromatic carbocycles. The molecule has 0 saturated heterocycles. The van der Waals surface area contributed by atoms with E-state index in [0.29, 0.717) is 12.5 Å². The van der Waals surface area contributed by atoms with Crippen LogP contribution in [0.15, 0.2) is 40.7 Å². The van der Waals surface area contributed by atoms with Gasteiger partial charge in [0.05, 0.1) is 14.2 Å². The van der Waals surface area contributed by atoms with Gasteiger partial charge in [0.2, 0.25) is 0 Å². The van der Waals surface area contributed by atoms with Crippen LogP contribution in [0, 0.1) is 0 Å². The second-order valence-electron chi connectivity index (χ2n) is 5.38. The van der Waals surface area contributed by atoms with E-state index in [9.17, 15) is 0 Å². The number of guanidine groups is 1. The summed E-state index contributed by atoms with van der Waals surface area (Å²) in [6, 6.07) is 10.1. The van der Waals surface area contributed by atoms with Crippen molar-refractivity contribution in [1.29, 1.82) is 0 Å². The zero-order valence-corrected chi connectivity index (χ0v) is 15.4. The van der Waals surface area contributed by atoms with Crippen LogP contribution in [0.25, 0.3) is 0 Å². The molecule has 1 heterocycles. The van der Waals surface area contributed by atoms with Crippen LogP contribution in [0.1, 0.15) is 23.3 Å². The number of nitrogens with one attached hydrogen (secondary N) is 2. The van der Waals surface area contributed by atoms with E-state index in [1.807, 2.05) is 18.2 Å². The summed E-state index contributed by atoms with van der Waals surface area (Å²) in [6.45, 7) is 3.64. The summed E-state index contributed by atoms with van der Waals surface area (Å²) in [6.07, 6.45) is 0. The third kappa shape index (κ3) is 4.64. The van der Waals surface area contributed by atoms with Crippen LogP contribution in [-0.2, 0) is 6.54 Å². The lowest BCUT2D eigenvalue weighted by atomic mass is 10.1. The van der Waals surface area contributed by atoms with Crippen LogP contribution in [0.5, 0.6) is 11.5 Å². The van der Waals surface area contributed by atoms with E-state index >= 15 is 0 Å². The highest BCUT2D eigenvalue weighted by Crippen LogP contribution is 2.30. The molecule has 1 atom stereocenters. The van der Waals surface area contributed by atoms with E-state index in [0.717, 1.165) is 29.6 Å². The van der Waals surface area contributed by atoms with Gasteiger partial charge in [0.1, 0.15) is 0 Å². The molecule has 0 radical (unpaired) electrons. The minimum atomic E-state index is 0.440. The van der Waals surface area contributed by atoms with Gasteiger partial charge in [-0.15, -0.1) is 11.3 Å². The third-order valence-corrected chi connectivity index (χ3v) is 4.86. The maximum atomic E-state index is 5.46. The number of hydrogen-bond donors (Lipinski definition) is 2. The molecule has 6 heteroatoms. The Balaban J connectivity index is 1.92. The summed E-state index contributed by atoms with van der Waals surface area (Å²) in [4.78, 5) is 5.65. The molecule has 0 fully saturated rings. The molecular weight excluding hydrogens is 322 g/mol. The van der Waals surface area contributed by atoms with E-state index in [2.05, 4.69) is 40.1 Å². The lowest BCUT2D eigenvalue weighted by molar-refractivity contribution is 0.351. The molecule has 5 nitrogen and oxygen atoms in total. The van der Waals surface area contributed by atoms with Gasteiger partial charge in [-0.3, -0.25) is 4.99 Å². The topological polar surface area (TPSA) is 54.9 Å². The largest absolute Gasteiger partial charge is 0.493 e. The van der Waals surface area contributed by atoms with Crippen molar-refractivity contribution in [1.82, 2.24) is 10.6 Å². The molecule has 2 rings (SSSR count). The summed E-state index contributed by atoms with van der Waals surface area (Å²) in [5, 5.41) is 8.79. The molecule has 2 aromatic rings. The summed E-state index contributed by atoms with van der Waals surface area (Å²) in [5.41, 5.74) is 1.02. The van der Waals surface area contributed by atoms with Crippen LogP contribution < -0.4 is 20.1 Å². The summed E-state index contributed by atoms with van der Waals surface area (Å²) in [7, 11) is 5.06. The van der Waals surface area contributed by atoms with Crippen molar-refractivity contribution in [2.45, 2.75) is 19.4 Å². The molecule has 2 N–H and O–H groups in total. The highest BCUT2D eigenvalue weighted by atomic mass is 32.1. The van der Waals surface area contributed by atoms with Crippen LogP contribution in [-0.4, -0.2) is 33.8 Å². The predicted molar refractivity (Wildman–Crippen MR) is 100 cm³/mol. The Morgan fingerprint density at radius 2 is 2.00 bits per heavy atom. The smallest absolute Gasteiger partial charge is 0.191 e. The van der Waals surface area contributed by atoms with Crippen molar-refractivity contribution in [2.75, 3.05) is 27.8 Å². The minimum Gasteiger partial charge on any atom is -0.493 e. The first-order valence-electron chi connectivity index (χ1n) is 7.87. The molecule has 0 bridgehead atoms. The molecule has 130 valence electrons. The van der Waals surface area contributed by atoms with Crippen LogP contribution in [0.4, 0.5) is 0 Å². The Labute approximate surface area is 147 Å². The molecule has 0 amide bonds. The van der Waals surface area contributed by atoms with Gasteiger partial charge in [-0.05, 0) is 17.5 Å². The molecular formula is C18H25N3O2S. The zero-order chi connectivity index (χ0) is 17.4. The van der Waals surface area contributed by atoms with Gasteiger partial charge in [0, 0.05) is 36.5 Å². The second-order valence-corrected chi connectivity index (χ2v) is 6.36. The predicted octanol–water partition coefficient (Wildman–Crippen LogP) is 3.23. The van der Waals surface area contributed by atoms with Crippen molar-refractivity contribution < 1.29 is 9.47 Å². The number of nitrogens with zero attached hydrogens (tertiary/aromatic N) is 1. The van der Waals surface area contributed by atoms with Gasteiger partial charge in [-0.25, -0.2) is 0 Å². The Bertz CT molecular complexity index is 656. The highest BCUT2D eigenvalue weighted by Gasteiger charge is 2.11. The fraction of sp³-hybridized carbons (Fsp3) is 0.389. The second kappa shape index (κ2) is 9.17. The number of methoxy groups -OCH3 is 2. The fourth-order valence-corrected chi connectivity index (χ4v) is 3.20. The van der Waals surface area contributed by atoms with Gasteiger partial charge in [-0.2, -0.15) is 0 Å². The first-order chi connectivity index (χ1) is 11.7. The van der Waals surface area contributed by atoms with Gasteiger partial charge in [0.15, 0.2) is 17.5 Å². The van der Waals surface area contributed by atoms with Gasteiger partial charge < -0.3 is 20.1 Å². The Morgan fingerprint density at radius 1 is 1.17 bits per heavy atom. The minimum absolute atomic E-state index is 0.440. The molecule has 0 saturated carbocycles. The average Bonchev–Trinajstić information content (AvgIpc) is 3.15. The highest BCUT2D eigenvalue weighted by molar-refractivity contribution is 7.10. The maximum absolute atomic E-state index is 5.46. The van der Waals surface area contributed by atoms with Gasteiger partial charge in [0.25, 0.3) is 0 Å². The lowest BCUT2D eigenvalue weighted by Crippen LogP contribution is -2.38. The summed E-state index contributed by atoms with van der Waals surface area (Å²) in [5.74, 6) is 2.68. The molecule has 0 aliphatic carbocycles. The summed E-state index contributed by atoms with van der Waals surface area (Å²) < 4.78 is 10.8. The van der Waals surface area contributed by atoms with Crippen LogP contribution in [0.3, 0.4) is 0 Å². The quantitative estimate of drug-likeness (QED) is 0.596. The van der Waals surface area contributed by atoms with Crippen molar-refractivity contribution in [2.24, 2.45) is 4.99 Å². The number of hydrogen-bond acceptors (Lipinski definition) is 4. The third-order valence-electron chi connectivity index (χ3n) is 3.76. The number of aliphatic imine (C=N–C) groups is 1. The van der Waals surface area contributed by atoms with E-state index < -0.39 is 0 Å². The van der Waals surface area contributed by atoms with Gasteiger partial charge >= 0.3 is 0 Å². The van der Waals surface area contributed by atoms with Crippen molar-refractivity contribution >= 4 is 17.3 Å². The molecule has 0 aliphatic rings. The first kappa shape index (κ1) is 18.1.